The molecule has 3 fully saturated rings. The molecule has 3 aliphatic rings. The topological polar surface area (TPSA) is 63.2 Å². The Labute approximate surface area is 160 Å². The van der Waals surface area contributed by atoms with Gasteiger partial charge < -0.3 is 23.7 Å². The summed E-state index contributed by atoms with van der Waals surface area (Å²) in [6.45, 7) is 7.28. The van der Waals surface area contributed by atoms with Gasteiger partial charge in [-0.15, -0.1) is 0 Å². The second-order valence-corrected chi connectivity index (χ2v) is 8.71. The molecular weight excluding hydrogens is 355 g/mol. The van der Waals surface area contributed by atoms with Gasteiger partial charge in [-0.05, 0) is 42.6 Å². The summed E-state index contributed by atoms with van der Waals surface area (Å²) in [5.41, 5.74) is 0.782. The third-order valence-corrected chi connectivity index (χ3v) is 5.92. The van der Waals surface area contributed by atoms with Crippen molar-refractivity contribution in [3.05, 3.63) is 11.4 Å². The van der Waals surface area contributed by atoms with Gasteiger partial charge in [0.2, 0.25) is 5.83 Å². The molecule has 0 aromatic heterocycles. The Morgan fingerprint density at radius 3 is 2.30 bits per heavy atom. The Hall–Kier alpha value is -1.02. The van der Waals surface area contributed by atoms with Crippen LogP contribution < -0.4 is 0 Å². The molecule has 0 bridgehead atoms. The number of methoxy groups -OCH3 is 1. The number of halogens is 1. The third kappa shape index (κ3) is 4.70. The lowest BCUT2D eigenvalue weighted by Crippen LogP contribution is -2.35. The van der Waals surface area contributed by atoms with Crippen LogP contribution in [0.4, 0.5) is 4.39 Å². The maximum atomic E-state index is 14.6. The molecule has 154 valence electrons. The van der Waals surface area contributed by atoms with Gasteiger partial charge in [-0.25, -0.2) is 4.79 Å². The fourth-order valence-electron chi connectivity index (χ4n) is 4.21. The van der Waals surface area contributed by atoms with E-state index in [2.05, 4.69) is 20.8 Å². The number of carbonyl (C=O) groups is 1. The maximum absolute atomic E-state index is 14.6. The van der Waals surface area contributed by atoms with Gasteiger partial charge in [-0.3, -0.25) is 0 Å². The van der Waals surface area contributed by atoms with Crippen LogP contribution in [0.2, 0.25) is 0 Å². The molecule has 0 amide bonds. The maximum Gasteiger partial charge on any atom is 0.367 e. The van der Waals surface area contributed by atoms with Gasteiger partial charge in [-0.1, -0.05) is 20.8 Å². The van der Waals surface area contributed by atoms with Gasteiger partial charge in [0.15, 0.2) is 6.10 Å². The van der Waals surface area contributed by atoms with E-state index in [1.54, 1.807) is 7.11 Å². The molecule has 27 heavy (non-hydrogen) atoms. The van der Waals surface area contributed by atoms with E-state index in [9.17, 15) is 9.18 Å². The first-order chi connectivity index (χ1) is 12.8. The van der Waals surface area contributed by atoms with E-state index < -0.39 is 24.0 Å². The van der Waals surface area contributed by atoms with Crippen molar-refractivity contribution in [2.24, 2.45) is 11.3 Å². The van der Waals surface area contributed by atoms with E-state index >= 15 is 0 Å². The average Bonchev–Trinajstić information content (AvgIpc) is 3.22. The highest BCUT2D eigenvalue weighted by atomic mass is 19.1. The lowest BCUT2D eigenvalue weighted by Gasteiger charge is -2.34. The predicted molar refractivity (Wildman–Crippen MR) is 95.7 cm³/mol. The zero-order valence-corrected chi connectivity index (χ0v) is 16.7. The molecule has 6 nitrogen and oxygen atoms in total. The number of ether oxygens (including phenoxy) is 5. The number of hydrogen-bond acceptors (Lipinski definition) is 6. The van der Waals surface area contributed by atoms with Gasteiger partial charge >= 0.3 is 5.97 Å². The third-order valence-electron chi connectivity index (χ3n) is 5.92. The molecule has 0 aromatic carbocycles. The van der Waals surface area contributed by atoms with E-state index in [0.717, 1.165) is 12.8 Å². The average molecular weight is 386 g/mol. The molecule has 0 spiro atoms. The summed E-state index contributed by atoms with van der Waals surface area (Å²) in [4.78, 5) is 12.3. The van der Waals surface area contributed by atoms with Crippen LogP contribution in [0, 0.1) is 11.3 Å². The molecule has 3 rings (SSSR count). The van der Waals surface area contributed by atoms with Crippen molar-refractivity contribution in [3.63, 3.8) is 0 Å². The molecular formula is C20H31FO6. The molecule has 0 unspecified atom stereocenters. The van der Waals surface area contributed by atoms with Crippen molar-refractivity contribution in [2.45, 2.75) is 70.9 Å². The zero-order valence-electron chi connectivity index (χ0n) is 16.7. The van der Waals surface area contributed by atoms with Gasteiger partial charge in [0.1, 0.15) is 25.1 Å². The number of fused-ring (bicyclic) bond motifs is 1. The van der Waals surface area contributed by atoms with E-state index in [1.165, 1.54) is 0 Å². The Morgan fingerprint density at radius 1 is 1.11 bits per heavy atom. The minimum Gasteiger partial charge on any atom is -0.452 e. The SMILES string of the molecule is COCO[C@@H]1CO[C@H]2[C@@H]1OC[C@H]2OC(=O)C(F)=C1CCC(C(C)(C)C)CC1. The summed E-state index contributed by atoms with van der Waals surface area (Å²) in [6.07, 6.45) is 1.39. The number of carbonyl (C=O) groups excluding carboxylic acids is 1. The summed E-state index contributed by atoms with van der Waals surface area (Å²) >= 11 is 0. The second kappa shape index (κ2) is 8.55. The summed E-state index contributed by atoms with van der Waals surface area (Å²) in [5, 5.41) is 0. The quantitative estimate of drug-likeness (QED) is 0.411. The summed E-state index contributed by atoms with van der Waals surface area (Å²) in [5.74, 6) is -1.10. The Balaban J connectivity index is 1.54. The lowest BCUT2D eigenvalue weighted by atomic mass is 9.71. The second-order valence-electron chi connectivity index (χ2n) is 8.71. The minimum absolute atomic E-state index is 0.140. The number of esters is 1. The van der Waals surface area contributed by atoms with E-state index in [4.69, 9.17) is 23.7 Å². The van der Waals surface area contributed by atoms with Crippen LogP contribution in [0.3, 0.4) is 0 Å². The first-order valence-electron chi connectivity index (χ1n) is 9.73. The highest BCUT2D eigenvalue weighted by Gasteiger charge is 2.50. The molecule has 0 N–H and O–H groups in total. The molecule has 0 radical (unpaired) electrons. The molecule has 2 heterocycles. The van der Waals surface area contributed by atoms with Crippen LogP contribution >= 0.6 is 0 Å². The molecule has 2 saturated heterocycles. The molecule has 4 atom stereocenters. The standard InChI is InChI=1S/C20H31FO6/c1-20(2,3)13-7-5-12(6-8-13)16(21)19(22)27-15-10-25-17-14(26-11-23-4)9-24-18(15)17/h13-15,17-18H,5-11H2,1-4H3/t13?,14-,15-,17-,18-/m1/s1. The largest absolute Gasteiger partial charge is 0.452 e. The van der Waals surface area contributed by atoms with Crippen molar-refractivity contribution in [1.29, 1.82) is 0 Å². The number of hydrogen-bond donors (Lipinski definition) is 0. The Morgan fingerprint density at radius 2 is 1.70 bits per heavy atom. The summed E-state index contributed by atoms with van der Waals surface area (Å²) in [6, 6.07) is 0. The lowest BCUT2D eigenvalue weighted by molar-refractivity contribution is -0.151. The van der Waals surface area contributed by atoms with Gasteiger partial charge in [0.05, 0.1) is 13.2 Å². The van der Waals surface area contributed by atoms with Gasteiger partial charge in [0, 0.05) is 7.11 Å². The van der Waals surface area contributed by atoms with E-state index in [-0.39, 0.29) is 31.0 Å². The first-order valence-corrected chi connectivity index (χ1v) is 9.73. The van der Waals surface area contributed by atoms with Crippen LogP contribution in [0.1, 0.15) is 46.5 Å². The monoisotopic (exact) mass is 386 g/mol. The predicted octanol–water partition coefficient (Wildman–Crippen LogP) is 3.14. The van der Waals surface area contributed by atoms with Crippen LogP contribution in [0.15, 0.2) is 11.4 Å². The first kappa shape index (κ1) is 20.7. The highest BCUT2D eigenvalue weighted by molar-refractivity contribution is 5.87. The van der Waals surface area contributed by atoms with E-state index in [1.807, 2.05) is 0 Å². The van der Waals surface area contributed by atoms with Crippen molar-refractivity contribution in [1.82, 2.24) is 0 Å². The van der Waals surface area contributed by atoms with E-state index in [0.29, 0.717) is 30.9 Å². The molecule has 1 saturated carbocycles. The van der Waals surface area contributed by atoms with Crippen molar-refractivity contribution < 1.29 is 32.9 Å². The molecule has 0 aromatic rings. The summed E-state index contributed by atoms with van der Waals surface area (Å²) < 4.78 is 41.7. The van der Waals surface area contributed by atoms with Crippen LogP contribution in [-0.2, 0) is 28.5 Å². The normalized spacial score (nSPS) is 33.8. The van der Waals surface area contributed by atoms with Gasteiger partial charge in [-0.2, -0.15) is 4.39 Å². The van der Waals surface area contributed by atoms with Crippen LogP contribution in [-0.4, -0.2) is 57.5 Å². The zero-order chi connectivity index (χ0) is 19.6. The summed E-state index contributed by atoms with van der Waals surface area (Å²) in [7, 11) is 1.54. The molecule has 1 aliphatic carbocycles. The number of rotatable bonds is 5. The van der Waals surface area contributed by atoms with Crippen molar-refractivity contribution in [3.8, 4) is 0 Å². The molecule has 2 aliphatic heterocycles. The highest BCUT2D eigenvalue weighted by Crippen LogP contribution is 2.41. The number of allylic oxidation sites excluding steroid dienone is 1. The minimum atomic E-state index is -0.904. The fraction of sp³-hybridized carbons (Fsp3) is 0.850. The smallest absolute Gasteiger partial charge is 0.367 e. The molecule has 7 heteroatoms. The fourth-order valence-corrected chi connectivity index (χ4v) is 4.21. The van der Waals surface area contributed by atoms with Gasteiger partial charge in [0.25, 0.3) is 0 Å². The van der Waals surface area contributed by atoms with Crippen molar-refractivity contribution in [2.75, 3.05) is 27.1 Å². The van der Waals surface area contributed by atoms with Crippen molar-refractivity contribution >= 4 is 5.97 Å². The van der Waals surface area contributed by atoms with Crippen LogP contribution in [0.25, 0.3) is 0 Å². The Bertz CT molecular complexity index is 559. The Kier molecular flexibility index (Phi) is 6.56. The van der Waals surface area contributed by atoms with Crippen LogP contribution in [0.5, 0.6) is 0 Å².